The number of nitriles is 1. The predicted molar refractivity (Wildman–Crippen MR) is 149 cm³/mol. The van der Waals surface area contributed by atoms with Crippen LogP contribution in [0.4, 0.5) is 10.6 Å². The van der Waals surface area contributed by atoms with Gasteiger partial charge in [0.1, 0.15) is 30.4 Å². The molecular formula is C27H32ClN7O5. The van der Waals surface area contributed by atoms with Crippen LogP contribution in [0.3, 0.4) is 0 Å². The van der Waals surface area contributed by atoms with Crippen molar-refractivity contribution in [2.75, 3.05) is 32.1 Å². The molecule has 0 aliphatic carbocycles. The van der Waals surface area contributed by atoms with Gasteiger partial charge in [0, 0.05) is 26.3 Å². The topological polar surface area (TPSA) is 157 Å². The second-order valence-electron chi connectivity index (χ2n) is 9.58. The molecule has 1 fully saturated rings. The van der Waals surface area contributed by atoms with Crippen LogP contribution in [0.1, 0.15) is 25.3 Å². The van der Waals surface area contributed by atoms with Gasteiger partial charge in [-0.3, -0.25) is 9.59 Å². The van der Waals surface area contributed by atoms with E-state index in [0.29, 0.717) is 42.1 Å². The van der Waals surface area contributed by atoms with Crippen molar-refractivity contribution in [2.24, 2.45) is 11.7 Å². The second-order valence-corrected chi connectivity index (χ2v) is 9.58. The van der Waals surface area contributed by atoms with Crippen LogP contribution in [0.5, 0.6) is 5.75 Å². The molecule has 13 heteroatoms. The number of rotatable bonds is 7. The molecule has 0 spiro atoms. The lowest BCUT2D eigenvalue weighted by Crippen LogP contribution is -2.52. The number of likely N-dealkylation sites (tertiary alicyclic amines) is 1. The van der Waals surface area contributed by atoms with Crippen molar-refractivity contribution in [3.05, 3.63) is 48.4 Å². The van der Waals surface area contributed by atoms with E-state index in [1.165, 1.54) is 18.0 Å². The second kappa shape index (κ2) is 13.2. The fourth-order valence-electron chi connectivity index (χ4n) is 4.81. The summed E-state index contributed by atoms with van der Waals surface area (Å²) in [6.07, 6.45) is 3.29. The molecule has 1 saturated heterocycles. The number of halogens is 1. The Morgan fingerprint density at radius 3 is 2.62 bits per heavy atom. The van der Waals surface area contributed by atoms with E-state index in [1.807, 2.05) is 18.0 Å². The molecule has 1 aliphatic rings. The molecule has 1 amide bonds. The SMILES string of the molecule is COC(=O)C(N)Cc1ccc(OC(=O)n2ccc3c(N(C)[C@H]4CN(C(=O)CC#N)CC[C@H]4C)ncnc32)cc1.Cl. The lowest BCUT2D eigenvalue weighted by molar-refractivity contribution is -0.142. The summed E-state index contributed by atoms with van der Waals surface area (Å²) >= 11 is 0. The Balaban J connectivity index is 0.00000441. The molecule has 1 aliphatic heterocycles. The van der Waals surface area contributed by atoms with Crippen molar-refractivity contribution in [2.45, 2.75) is 38.3 Å². The highest BCUT2D eigenvalue weighted by molar-refractivity contribution is 5.94. The van der Waals surface area contributed by atoms with Crippen molar-refractivity contribution in [3.8, 4) is 11.8 Å². The summed E-state index contributed by atoms with van der Waals surface area (Å²) in [5.74, 6) is 0.554. The maximum Gasteiger partial charge on any atom is 0.425 e. The number of hydrogen-bond acceptors (Lipinski definition) is 10. The molecule has 0 radical (unpaired) electrons. The van der Waals surface area contributed by atoms with Crippen LogP contribution in [-0.4, -0.2) is 76.7 Å². The molecule has 0 bridgehead atoms. The standard InChI is InChI=1S/C27H31N7O5.ClH/c1-17-9-12-33(23(35)8-11-28)15-22(17)32(2)24-20-10-13-34(25(20)31-16-30-24)27(37)39-19-6-4-18(5-7-19)14-21(29)26(36)38-3;/h4-7,10,13,16-17,21-22H,8-9,12,14-15,29H2,1-3H3;1H/t17-,21?,22+;/m1./s1. The number of fused-ring (bicyclic) bond motifs is 1. The van der Waals surface area contributed by atoms with Gasteiger partial charge in [-0.2, -0.15) is 5.26 Å². The average molecular weight is 570 g/mol. The molecule has 0 saturated carbocycles. The van der Waals surface area contributed by atoms with Crippen molar-refractivity contribution < 1.29 is 23.9 Å². The van der Waals surface area contributed by atoms with Gasteiger partial charge in [0.25, 0.3) is 0 Å². The van der Waals surface area contributed by atoms with Crippen LogP contribution < -0.4 is 15.4 Å². The molecule has 3 atom stereocenters. The van der Waals surface area contributed by atoms with Gasteiger partial charge in [-0.05, 0) is 42.5 Å². The summed E-state index contributed by atoms with van der Waals surface area (Å²) in [4.78, 5) is 49.4. The number of benzene rings is 1. The Bertz CT molecular complexity index is 1400. The van der Waals surface area contributed by atoms with Gasteiger partial charge in [-0.25, -0.2) is 19.3 Å². The third-order valence-electron chi connectivity index (χ3n) is 7.08. The highest BCUT2D eigenvalue weighted by Crippen LogP contribution is 2.30. The van der Waals surface area contributed by atoms with Crippen LogP contribution in [-0.2, 0) is 20.7 Å². The van der Waals surface area contributed by atoms with Crippen LogP contribution in [0.15, 0.2) is 42.9 Å². The number of nitrogens with two attached hydrogens (primary N) is 1. The van der Waals surface area contributed by atoms with Gasteiger partial charge in [-0.1, -0.05) is 19.1 Å². The summed E-state index contributed by atoms with van der Waals surface area (Å²) in [6, 6.07) is 9.58. The molecule has 1 aromatic carbocycles. The lowest BCUT2D eigenvalue weighted by atomic mass is 9.92. The Morgan fingerprint density at radius 2 is 1.95 bits per heavy atom. The highest BCUT2D eigenvalue weighted by Gasteiger charge is 2.33. The van der Waals surface area contributed by atoms with Gasteiger partial charge < -0.3 is 25.0 Å². The number of likely N-dealkylation sites (N-methyl/N-ethyl adjacent to an activating group) is 1. The van der Waals surface area contributed by atoms with E-state index in [1.54, 1.807) is 41.4 Å². The molecular weight excluding hydrogens is 538 g/mol. The molecule has 2 aromatic heterocycles. The van der Waals surface area contributed by atoms with E-state index in [0.717, 1.165) is 12.0 Å². The number of anilines is 1. The van der Waals surface area contributed by atoms with Gasteiger partial charge >= 0.3 is 12.1 Å². The smallest absolute Gasteiger partial charge is 0.425 e. The Labute approximate surface area is 238 Å². The molecule has 1 unspecified atom stereocenters. The summed E-state index contributed by atoms with van der Waals surface area (Å²) < 4.78 is 11.5. The van der Waals surface area contributed by atoms with E-state index in [4.69, 9.17) is 15.7 Å². The largest absolute Gasteiger partial charge is 0.468 e. The quantitative estimate of drug-likeness (QED) is 0.419. The monoisotopic (exact) mass is 569 g/mol. The summed E-state index contributed by atoms with van der Waals surface area (Å²) in [6.45, 7) is 3.22. The van der Waals surface area contributed by atoms with E-state index in [2.05, 4.69) is 21.6 Å². The molecule has 4 rings (SSSR count). The third-order valence-corrected chi connectivity index (χ3v) is 7.08. The lowest BCUT2D eigenvalue weighted by Gasteiger charge is -2.42. The Morgan fingerprint density at radius 1 is 1.23 bits per heavy atom. The molecule has 3 heterocycles. The maximum atomic E-state index is 13.0. The summed E-state index contributed by atoms with van der Waals surface area (Å²) in [7, 11) is 3.19. The van der Waals surface area contributed by atoms with Gasteiger partial charge in [0.15, 0.2) is 5.65 Å². The zero-order valence-electron chi connectivity index (χ0n) is 22.5. The first kappa shape index (κ1) is 30.3. The van der Waals surface area contributed by atoms with Crippen LogP contribution in [0, 0.1) is 17.2 Å². The van der Waals surface area contributed by atoms with E-state index >= 15 is 0 Å². The number of carbonyl (C=O) groups excluding carboxylic acids is 3. The van der Waals surface area contributed by atoms with Crippen LogP contribution in [0.2, 0.25) is 0 Å². The number of aromatic nitrogens is 3. The highest BCUT2D eigenvalue weighted by atomic mass is 35.5. The van der Waals surface area contributed by atoms with Crippen molar-refractivity contribution in [3.63, 3.8) is 0 Å². The van der Waals surface area contributed by atoms with Crippen LogP contribution in [0.25, 0.3) is 11.0 Å². The number of methoxy groups -OCH3 is 1. The molecule has 40 heavy (non-hydrogen) atoms. The zero-order chi connectivity index (χ0) is 28.1. The molecule has 212 valence electrons. The summed E-state index contributed by atoms with van der Waals surface area (Å²) in [5, 5.41) is 9.58. The number of piperidine rings is 1. The summed E-state index contributed by atoms with van der Waals surface area (Å²) in [5.41, 5.74) is 6.99. The zero-order valence-corrected chi connectivity index (χ0v) is 23.3. The van der Waals surface area contributed by atoms with Gasteiger partial charge in [0.2, 0.25) is 5.91 Å². The fraction of sp³-hybridized carbons (Fsp3) is 0.407. The average Bonchev–Trinajstić information content (AvgIpc) is 3.38. The number of ether oxygens (including phenoxy) is 2. The fourth-order valence-corrected chi connectivity index (χ4v) is 4.81. The number of amides is 1. The van der Waals surface area contributed by atoms with Crippen molar-refractivity contribution in [1.82, 2.24) is 19.4 Å². The number of hydrogen-bond donors (Lipinski definition) is 1. The number of nitrogens with zero attached hydrogens (tertiary/aromatic N) is 6. The number of carbonyl (C=O) groups is 3. The van der Waals surface area contributed by atoms with E-state index in [-0.39, 0.29) is 36.7 Å². The minimum absolute atomic E-state index is 0. The molecule has 2 N–H and O–H groups in total. The first-order valence-electron chi connectivity index (χ1n) is 12.6. The predicted octanol–water partition coefficient (Wildman–Crippen LogP) is 2.53. The minimum Gasteiger partial charge on any atom is -0.468 e. The molecule has 3 aromatic rings. The number of esters is 1. The maximum absolute atomic E-state index is 13.0. The van der Waals surface area contributed by atoms with Crippen molar-refractivity contribution >= 4 is 47.2 Å². The Kier molecular flexibility index (Phi) is 10.0. The first-order chi connectivity index (χ1) is 18.7. The van der Waals surface area contributed by atoms with Gasteiger partial charge in [0.05, 0.1) is 24.6 Å². The third kappa shape index (κ3) is 6.50. The normalized spacial score (nSPS) is 17.3. The first-order valence-corrected chi connectivity index (χ1v) is 12.6. The van der Waals surface area contributed by atoms with E-state index < -0.39 is 18.1 Å². The van der Waals surface area contributed by atoms with Gasteiger partial charge in [-0.15, -0.1) is 12.4 Å². The molecule has 12 nitrogen and oxygen atoms in total. The Hall–Kier alpha value is -4.21. The van der Waals surface area contributed by atoms with Crippen LogP contribution >= 0.6 is 12.4 Å². The van der Waals surface area contributed by atoms with E-state index in [9.17, 15) is 14.4 Å². The minimum atomic E-state index is -0.778. The van der Waals surface area contributed by atoms with Crippen molar-refractivity contribution in [1.29, 1.82) is 5.26 Å².